The third-order valence-electron chi connectivity index (χ3n) is 2.52. The average Bonchev–Trinajstić information content (AvgIpc) is 2.72. The summed E-state index contributed by atoms with van der Waals surface area (Å²) in [6.45, 7) is 5.16. The molecule has 2 aromatic rings. The number of thiocarbonyl (C=S) groups is 1. The second-order valence-corrected chi connectivity index (χ2v) is 7.04. The van der Waals surface area contributed by atoms with Crippen LogP contribution in [0.25, 0.3) is 10.2 Å². The van der Waals surface area contributed by atoms with Crippen molar-refractivity contribution >= 4 is 62.1 Å². The average molecular weight is 346 g/mol. The van der Waals surface area contributed by atoms with Crippen LogP contribution in [0.3, 0.4) is 0 Å². The molecule has 7 heteroatoms. The molecule has 3 nitrogen and oxygen atoms in total. The van der Waals surface area contributed by atoms with E-state index in [0.717, 1.165) is 19.9 Å². The molecule has 1 aromatic carbocycles. The Morgan fingerprint density at radius 1 is 1.35 bits per heavy atom. The molecule has 1 aromatic heterocycles. The SMILES string of the molecule is CCOC(=S)SCn1c(=S)sc2cc(OCC)ccc21. The largest absolute Gasteiger partial charge is 0.494 e. The molecule has 0 saturated carbocycles. The van der Waals surface area contributed by atoms with Gasteiger partial charge in [-0.1, -0.05) is 11.8 Å². The Balaban J connectivity index is 2.23. The van der Waals surface area contributed by atoms with Crippen LogP contribution in [-0.2, 0) is 10.6 Å². The maximum atomic E-state index is 5.51. The van der Waals surface area contributed by atoms with Gasteiger partial charge in [0.05, 0.1) is 29.3 Å². The van der Waals surface area contributed by atoms with Gasteiger partial charge in [-0.15, -0.1) is 11.3 Å². The van der Waals surface area contributed by atoms with Gasteiger partial charge >= 0.3 is 0 Å². The van der Waals surface area contributed by atoms with E-state index in [2.05, 4.69) is 4.57 Å². The van der Waals surface area contributed by atoms with Gasteiger partial charge in [0.2, 0.25) is 4.38 Å². The summed E-state index contributed by atoms with van der Waals surface area (Å²) in [6, 6.07) is 6.04. The highest BCUT2D eigenvalue weighted by atomic mass is 32.2. The lowest BCUT2D eigenvalue weighted by molar-refractivity contribution is 0.341. The van der Waals surface area contributed by atoms with Crippen molar-refractivity contribution < 1.29 is 9.47 Å². The quantitative estimate of drug-likeness (QED) is 0.721. The minimum absolute atomic E-state index is 0.555. The van der Waals surface area contributed by atoms with E-state index in [9.17, 15) is 0 Å². The monoisotopic (exact) mass is 345 g/mol. The summed E-state index contributed by atoms with van der Waals surface area (Å²) >= 11 is 13.6. The van der Waals surface area contributed by atoms with E-state index in [4.69, 9.17) is 33.9 Å². The second kappa shape index (κ2) is 7.40. The molecule has 0 unspecified atom stereocenters. The van der Waals surface area contributed by atoms with Crippen molar-refractivity contribution in [3.63, 3.8) is 0 Å². The highest BCUT2D eigenvalue weighted by molar-refractivity contribution is 8.22. The molecular weight excluding hydrogens is 330 g/mol. The minimum Gasteiger partial charge on any atom is -0.494 e. The van der Waals surface area contributed by atoms with Crippen molar-refractivity contribution in [3.05, 3.63) is 22.2 Å². The van der Waals surface area contributed by atoms with Crippen LogP contribution >= 0.6 is 47.5 Å². The fraction of sp³-hybridized carbons (Fsp3) is 0.385. The van der Waals surface area contributed by atoms with E-state index < -0.39 is 0 Å². The Labute approximate surface area is 136 Å². The van der Waals surface area contributed by atoms with Crippen molar-refractivity contribution in [2.24, 2.45) is 0 Å². The number of ether oxygens (including phenoxy) is 2. The summed E-state index contributed by atoms with van der Waals surface area (Å²) in [5, 5.41) is 0. The lowest BCUT2D eigenvalue weighted by Crippen LogP contribution is -2.01. The zero-order valence-corrected chi connectivity index (χ0v) is 14.5. The molecule has 108 valence electrons. The molecule has 0 saturated heterocycles. The maximum Gasteiger partial charge on any atom is 0.221 e. The van der Waals surface area contributed by atoms with Crippen LogP contribution in [0.15, 0.2) is 18.2 Å². The minimum atomic E-state index is 0.555. The topological polar surface area (TPSA) is 23.4 Å². The molecule has 0 aliphatic heterocycles. The summed E-state index contributed by atoms with van der Waals surface area (Å²) in [5.74, 6) is 1.55. The molecule has 0 radical (unpaired) electrons. The number of thioether (sulfide) groups is 1. The summed E-state index contributed by atoms with van der Waals surface area (Å²) in [4.78, 5) is 0. The third kappa shape index (κ3) is 3.72. The molecule has 0 spiro atoms. The normalized spacial score (nSPS) is 10.7. The van der Waals surface area contributed by atoms with Crippen LogP contribution in [0, 0.1) is 3.95 Å². The lowest BCUT2D eigenvalue weighted by atomic mass is 10.3. The Morgan fingerprint density at radius 2 is 2.15 bits per heavy atom. The number of rotatable bonds is 5. The molecule has 0 amide bonds. The van der Waals surface area contributed by atoms with Crippen molar-refractivity contribution in [3.8, 4) is 5.75 Å². The van der Waals surface area contributed by atoms with Gasteiger partial charge in [0, 0.05) is 0 Å². The fourth-order valence-electron chi connectivity index (χ4n) is 1.70. The number of benzene rings is 1. The summed E-state index contributed by atoms with van der Waals surface area (Å²) in [7, 11) is 0. The number of aromatic nitrogens is 1. The molecule has 0 atom stereocenters. The number of fused-ring (bicyclic) bond motifs is 1. The Kier molecular flexibility index (Phi) is 5.83. The van der Waals surface area contributed by atoms with Crippen LogP contribution in [-0.4, -0.2) is 22.2 Å². The van der Waals surface area contributed by atoms with Gasteiger partial charge in [-0.25, -0.2) is 0 Å². The molecule has 0 bridgehead atoms. The molecular formula is C13H15NO2S4. The Morgan fingerprint density at radius 3 is 2.85 bits per heavy atom. The molecule has 1 heterocycles. The summed E-state index contributed by atoms with van der Waals surface area (Å²) in [6.07, 6.45) is 0. The van der Waals surface area contributed by atoms with Gasteiger partial charge in [0.25, 0.3) is 0 Å². The van der Waals surface area contributed by atoms with Gasteiger partial charge in [0.15, 0.2) is 3.95 Å². The van der Waals surface area contributed by atoms with Gasteiger partial charge in [0.1, 0.15) is 5.75 Å². The molecule has 0 aliphatic carbocycles. The molecule has 20 heavy (non-hydrogen) atoms. The fourth-order valence-corrected chi connectivity index (χ4v) is 4.20. The predicted octanol–water partition coefficient (Wildman–Crippen LogP) is 4.84. The first-order valence-electron chi connectivity index (χ1n) is 6.21. The lowest BCUT2D eigenvalue weighted by Gasteiger charge is -2.07. The van der Waals surface area contributed by atoms with E-state index in [0.29, 0.717) is 23.5 Å². The molecule has 0 fully saturated rings. The molecule has 2 rings (SSSR count). The number of hydrogen-bond acceptors (Lipinski definition) is 6. The smallest absolute Gasteiger partial charge is 0.221 e. The van der Waals surface area contributed by atoms with Crippen LogP contribution in [0.4, 0.5) is 0 Å². The first kappa shape index (κ1) is 15.8. The zero-order valence-electron chi connectivity index (χ0n) is 11.3. The maximum absolute atomic E-state index is 5.51. The highest BCUT2D eigenvalue weighted by Crippen LogP contribution is 2.29. The van der Waals surface area contributed by atoms with Crippen molar-refractivity contribution in [1.29, 1.82) is 0 Å². The van der Waals surface area contributed by atoms with Crippen LogP contribution in [0.1, 0.15) is 13.8 Å². The van der Waals surface area contributed by atoms with E-state index in [1.807, 2.05) is 32.0 Å². The molecule has 0 aliphatic rings. The van der Waals surface area contributed by atoms with Crippen LogP contribution in [0.2, 0.25) is 0 Å². The van der Waals surface area contributed by atoms with Gasteiger partial charge in [-0.05, 0) is 56.5 Å². The Bertz CT molecular complexity index is 662. The van der Waals surface area contributed by atoms with E-state index in [1.165, 1.54) is 11.8 Å². The van der Waals surface area contributed by atoms with Crippen molar-refractivity contribution in [2.45, 2.75) is 19.7 Å². The van der Waals surface area contributed by atoms with Crippen LogP contribution < -0.4 is 4.74 Å². The third-order valence-corrected chi connectivity index (χ3v) is 5.15. The first-order chi connectivity index (χ1) is 9.65. The van der Waals surface area contributed by atoms with Crippen molar-refractivity contribution in [2.75, 3.05) is 13.2 Å². The standard InChI is InChI=1S/C13H15NO2S4/c1-3-15-9-5-6-10-11(7-9)20-12(17)14(10)8-19-13(18)16-4-2/h5-7H,3-4,8H2,1-2H3. The van der Waals surface area contributed by atoms with E-state index in [1.54, 1.807) is 11.3 Å². The number of nitrogens with zero attached hydrogens (tertiary/aromatic N) is 1. The number of thiazole rings is 1. The second-order valence-electron chi connectivity index (χ2n) is 3.81. The highest BCUT2D eigenvalue weighted by Gasteiger charge is 2.08. The summed E-state index contributed by atoms with van der Waals surface area (Å²) < 4.78 is 15.4. The Hall–Kier alpha value is -0.630. The van der Waals surface area contributed by atoms with E-state index >= 15 is 0 Å². The van der Waals surface area contributed by atoms with Gasteiger partial charge in [-0.3, -0.25) is 0 Å². The van der Waals surface area contributed by atoms with E-state index in [-0.39, 0.29) is 0 Å². The molecule has 0 N–H and O–H groups in total. The van der Waals surface area contributed by atoms with Gasteiger partial charge < -0.3 is 14.0 Å². The van der Waals surface area contributed by atoms with Crippen molar-refractivity contribution in [1.82, 2.24) is 4.57 Å². The number of hydrogen-bond donors (Lipinski definition) is 0. The predicted molar refractivity (Wildman–Crippen MR) is 93.6 cm³/mol. The van der Waals surface area contributed by atoms with Gasteiger partial charge in [-0.2, -0.15) is 0 Å². The first-order valence-corrected chi connectivity index (χ1v) is 8.83. The van der Waals surface area contributed by atoms with Crippen LogP contribution in [0.5, 0.6) is 5.75 Å². The zero-order chi connectivity index (χ0) is 14.5. The summed E-state index contributed by atoms with van der Waals surface area (Å²) in [5.41, 5.74) is 1.11.